The van der Waals surface area contributed by atoms with E-state index >= 15 is 0 Å². The fourth-order valence-corrected chi connectivity index (χ4v) is 4.18. The fraction of sp³-hybridized carbons (Fsp3) is 0.278. The molecular weight excluding hydrogens is 288 g/mol. The van der Waals surface area contributed by atoms with E-state index < -0.39 is 6.10 Å². The van der Waals surface area contributed by atoms with Crippen LogP contribution in [0.1, 0.15) is 35.3 Å². The molecule has 0 saturated carbocycles. The minimum absolute atomic E-state index is 0.114. The molecule has 0 saturated heterocycles. The smallest absolute Gasteiger partial charge is 0.0956 e. The summed E-state index contributed by atoms with van der Waals surface area (Å²) in [5, 5.41) is 18.9. The highest BCUT2D eigenvalue weighted by molar-refractivity contribution is 5.69. The van der Waals surface area contributed by atoms with Gasteiger partial charge in [0, 0.05) is 17.0 Å². The Morgan fingerprint density at radius 3 is 2.87 bits per heavy atom. The number of aliphatic hydroxyl groups excluding tert-OH is 1. The van der Waals surface area contributed by atoms with Crippen LogP contribution < -0.4 is 0 Å². The summed E-state index contributed by atoms with van der Waals surface area (Å²) in [7, 11) is 0. The molecule has 2 aliphatic rings. The Morgan fingerprint density at radius 2 is 1.91 bits per heavy atom. The average molecular weight is 304 g/mol. The summed E-state index contributed by atoms with van der Waals surface area (Å²) in [6.45, 7) is 0. The normalized spacial score (nSPS) is 24.8. The van der Waals surface area contributed by atoms with Gasteiger partial charge in [0.05, 0.1) is 42.8 Å². The lowest BCUT2D eigenvalue weighted by Crippen LogP contribution is -2.28. The topological polar surface area (TPSA) is 63.8 Å². The van der Waals surface area contributed by atoms with Gasteiger partial charge < -0.3 is 9.67 Å². The Labute approximate surface area is 133 Å². The molecule has 0 spiro atoms. The van der Waals surface area contributed by atoms with Crippen molar-refractivity contribution in [3.8, 4) is 11.3 Å². The lowest BCUT2D eigenvalue weighted by Gasteiger charge is -2.34. The third-order valence-electron chi connectivity index (χ3n) is 5.25. The van der Waals surface area contributed by atoms with Crippen molar-refractivity contribution in [1.29, 1.82) is 0 Å². The SMILES string of the molecule is O[C@H]1c2cnncc2CC[C@H]1[C@H]1c2ccccc2-c2cncn21. The number of fused-ring (bicyclic) bond motifs is 4. The third kappa shape index (κ3) is 1.74. The van der Waals surface area contributed by atoms with E-state index in [0.717, 1.165) is 29.7 Å². The van der Waals surface area contributed by atoms with E-state index in [2.05, 4.69) is 44.0 Å². The van der Waals surface area contributed by atoms with Gasteiger partial charge in [-0.05, 0) is 24.0 Å². The van der Waals surface area contributed by atoms with Crippen molar-refractivity contribution in [3.05, 3.63) is 65.9 Å². The van der Waals surface area contributed by atoms with Crippen LogP contribution in [0.3, 0.4) is 0 Å². The Balaban J connectivity index is 1.64. The van der Waals surface area contributed by atoms with Crippen LogP contribution >= 0.6 is 0 Å². The number of aliphatic hydroxyl groups is 1. The Bertz CT molecular complexity index is 888. The number of hydrogen-bond donors (Lipinski definition) is 1. The van der Waals surface area contributed by atoms with Crippen LogP contribution in [0.15, 0.2) is 49.2 Å². The molecule has 0 radical (unpaired) electrons. The van der Waals surface area contributed by atoms with E-state index in [9.17, 15) is 5.11 Å². The first kappa shape index (κ1) is 13.0. The first-order valence-corrected chi connectivity index (χ1v) is 7.93. The molecule has 5 nitrogen and oxygen atoms in total. The second-order valence-electron chi connectivity index (χ2n) is 6.34. The van der Waals surface area contributed by atoms with Crippen LogP contribution in [0.5, 0.6) is 0 Å². The molecule has 3 atom stereocenters. The van der Waals surface area contributed by atoms with Gasteiger partial charge >= 0.3 is 0 Å². The van der Waals surface area contributed by atoms with E-state index in [4.69, 9.17) is 0 Å². The Morgan fingerprint density at radius 1 is 1.04 bits per heavy atom. The van der Waals surface area contributed by atoms with Crippen molar-refractivity contribution >= 4 is 0 Å². The molecule has 1 aliphatic carbocycles. The van der Waals surface area contributed by atoms with Gasteiger partial charge in [-0.25, -0.2) is 4.98 Å². The van der Waals surface area contributed by atoms with Crippen molar-refractivity contribution in [2.75, 3.05) is 0 Å². The lowest BCUT2D eigenvalue weighted by molar-refractivity contribution is 0.0714. The number of rotatable bonds is 1. The predicted octanol–water partition coefficient (Wildman–Crippen LogP) is 2.54. The van der Waals surface area contributed by atoms with Crippen LogP contribution in [0.4, 0.5) is 0 Å². The summed E-state index contributed by atoms with van der Waals surface area (Å²) < 4.78 is 2.21. The summed E-state index contributed by atoms with van der Waals surface area (Å²) >= 11 is 0. The number of hydrogen-bond acceptors (Lipinski definition) is 4. The second-order valence-corrected chi connectivity index (χ2v) is 6.34. The molecule has 1 aliphatic heterocycles. The van der Waals surface area contributed by atoms with Crippen molar-refractivity contribution in [1.82, 2.24) is 19.7 Å². The van der Waals surface area contributed by atoms with E-state index in [1.165, 1.54) is 11.1 Å². The van der Waals surface area contributed by atoms with Crippen LogP contribution in [0, 0.1) is 5.92 Å². The maximum absolute atomic E-state index is 11.0. The van der Waals surface area contributed by atoms with Crippen molar-refractivity contribution in [2.24, 2.45) is 5.92 Å². The largest absolute Gasteiger partial charge is 0.388 e. The van der Waals surface area contributed by atoms with Gasteiger partial charge in [-0.1, -0.05) is 24.3 Å². The molecule has 1 N–H and O–H groups in total. The molecule has 114 valence electrons. The summed E-state index contributed by atoms with van der Waals surface area (Å²) in [6, 6.07) is 8.55. The first-order chi connectivity index (χ1) is 11.3. The quantitative estimate of drug-likeness (QED) is 0.750. The molecule has 5 heteroatoms. The van der Waals surface area contributed by atoms with Gasteiger partial charge in [0.1, 0.15) is 0 Å². The van der Waals surface area contributed by atoms with E-state index in [-0.39, 0.29) is 12.0 Å². The van der Waals surface area contributed by atoms with Gasteiger partial charge in [-0.3, -0.25) is 0 Å². The molecule has 0 unspecified atom stereocenters. The first-order valence-electron chi connectivity index (χ1n) is 7.93. The van der Waals surface area contributed by atoms with Crippen molar-refractivity contribution < 1.29 is 5.11 Å². The van der Waals surface area contributed by atoms with Crippen LogP contribution in [0.25, 0.3) is 11.3 Å². The zero-order valence-corrected chi connectivity index (χ0v) is 12.5. The van der Waals surface area contributed by atoms with Gasteiger partial charge in [-0.2, -0.15) is 10.2 Å². The number of imidazole rings is 1. The molecular formula is C18H16N4O. The minimum atomic E-state index is -0.527. The highest BCUT2D eigenvalue weighted by Crippen LogP contribution is 2.49. The van der Waals surface area contributed by atoms with E-state index in [1.54, 1.807) is 12.4 Å². The monoisotopic (exact) mass is 304 g/mol. The van der Waals surface area contributed by atoms with Crippen LogP contribution in [-0.4, -0.2) is 24.9 Å². The van der Waals surface area contributed by atoms with Crippen LogP contribution in [-0.2, 0) is 6.42 Å². The number of aryl methyl sites for hydroxylation is 1. The zero-order chi connectivity index (χ0) is 15.4. The fourth-order valence-electron chi connectivity index (χ4n) is 4.18. The minimum Gasteiger partial charge on any atom is -0.388 e. The predicted molar refractivity (Wildman–Crippen MR) is 84.6 cm³/mol. The van der Waals surface area contributed by atoms with Crippen molar-refractivity contribution in [3.63, 3.8) is 0 Å². The maximum Gasteiger partial charge on any atom is 0.0956 e. The summed E-state index contributed by atoms with van der Waals surface area (Å²) in [5.74, 6) is 0.114. The molecule has 3 heterocycles. The van der Waals surface area contributed by atoms with Crippen molar-refractivity contribution in [2.45, 2.75) is 25.0 Å². The molecule has 0 fully saturated rings. The second kappa shape index (κ2) is 4.73. The third-order valence-corrected chi connectivity index (χ3v) is 5.25. The molecule has 0 bridgehead atoms. The van der Waals surface area contributed by atoms with Gasteiger partial charge in [0.2, 0.25) is 0 Å². The molecule has 0 amide bonds. The molecule has 2 aromatic heterocycles. The summed E-state index contributed by atoms with van der Waals surface area (Å²) in [6.07, 6.45) is 8.61. The van der Waals surface area contributed by atoms with Gasteiger partial charge in [-0.15, -0.1) is 0 Å². The number of aromatic nitrogens is 4. The van der Waals surface area contributed by atoms with Gasteiger partial charge in [0.25, 0.3) is 0 Å². The Hall–Kier alpha value is -2.53. The molecule has 3 aromatic rings. The maximum atomic E-state index is 11.0. The van der Waals surface area contributed by atoms with E-state index in [0.29, 0.717) is 0 Å². The molecule has 23 heavy (non-hydrogen) atoms. The van der Waals surface area contributed by atoms with E-state index in [1.807, 2.05) is 12.5 Å². The van der Waals surface area contributed by atoms with Gasteiger partial charge in [0.15, 0.2) is 0 Å². The highest BCUT2D eigenvalue weighted by Gasteiger charge is 2.40. The lowest BCUT2D eigenvalue weighted by atomic mass is 9.77. The molecule has 5 rings (SSSR count). The summed E-state index contributed by atoms with van der Waals surface area (Å²) in [4.78, 5) is 4.32. The number of nitrogens with zero attached hydrogens (tertiary/aromatic N) is 4. The number of benzene rings is 1. The Kier molecular flexibility index (Phi) is 2.67. The molecule has 1 aromatic carbocycles. The summed E-state index contributed by atoms with van der Waals surface area (Å²) in [5.41, 5.74) is 5.67. The average Bonchev–Trinajstić information content (AvgIpc) is 3.17. The standard InChI is InChI=1S/C18H16N4O/c23-18-14(6-5-11-7-20-21-8-15(11)18)17-13-4-2-1-3-12(13)16-9-19-10-22(16)17/h1-4,7-10,14,17-18,23H,5-6H2/t14-,17+,18+/m0/s1. The zero-order valence-electron chi connectivity index (χ0n) is 12.5. The highest BCUT2D eigenvalue weighted by atomic mass is 16.3. The van der Waals surface area contributed by atoms with Crippen LogP contribution in [0.2, 0.25) is 0 Å².